The molecule has 0 radical (unpaired) electrons. The van der Waals surface area contributed by atoms with Crippen LogP contribution in [0.1, 0.15) is 20.8 Å². The van der Waals surface area contributed by atoms with Crippen LogP contribution in [0.2, 0.25) is 0 Å². The Hall–Kier alpha value is -1.33. The molecule has 0 atom stereocenters. The lowest BCUT2D eigenvalue weighted by Crippen LogP contribution is -1.98. The number of rotatable bonds is 1. The van der Waals surface area contributed by atoms with Crippen LogP contribution in [0, 0.1) is 5.41 Å². The molecule has 0 aliphatic rings. The Balaban J connectivity index is 2.75. The topological polar surface area (TPSA) is 12.4 Å². The van der Waals surface area contributed by atoms with E-state index >= 15 is 0 Å². The van der Waals surface area contributed by atoms with Gasteiger partial charge < -0.3 is 0 Å². The average Bonchev–Trinajstić information content (AvgIpc) is 2.04. The Bertz CT molecular complexity index is 311. The second kappa shape index (κ2) is 4.06. The molecule has 0 aliphatic heterocycles. The standard InChI is InChI=1S/C12H15N/c1-12(2,3)9-10-13-11-7-5-4-6-8-11/h4-9H,1-3H3. The monoisotopic (exact) mass is 173 g/mol. The van der Waals surface area contributed by atoms with Crippen LogP contribution in [0.4, 0.5) is 5.69 Å². The average molecular weight is 173 g/mol. The highest BCUT2D eigenvalue weighted by atomic mass is 14.7. The molecule has 0 unspecified atom stereocenters. The van der Waals surface area contributed by atoms with Crippen molar-refractivity contribution in [3.63, 3.8) is 0 Å². The van der Waals surface area contributed by atoms with Crippen molar-refractivity contribution in [2.24, 2.45) is 10.4 Å². The zero-order chi connectivity index (χ0) is 9.73. The van der Waals surface area contributed by atoms with Gasteiger partial charge in [0.25, 0.3) is 0 Å². The second-order valence-corrected chi connectivity index (χ2v) is 4.09. The normalized spacial score (nSPS) is 10.4. The zero-order valence-corrected chi connectivity index (χ0v) is 8.41. The maximum atomic E-state index is 4.19. The van der Waals surface area contributed by atoms with Gasteiger partial charge in [0.2, 0.25) is 0 Å². The van der Waals surface area contributed by atoms with Crippen molar-refractivity contribution in [2.75, 3.05) is 0 Å². The summed E-state index contributed by atoms with van der Waals surface area (Å²) in [6.07, 6.45) is 1.97. The van der Waals surface area contributed by atoms with E-state index in [0.29, 0.717) is 0 Å². The molecule has 0 bridgehead atoms. The predicted octanol–water partition coefficient (Wildman–Crippen LogP) is 3.59. The molecule has 1 aromatic carbocycles. The van der Waals surface area contributed by atoms with Gasteiger partial charge in [0.1, 0.15) is 0 Å². The van der Waals surface area contributed by atoms with Crippen LogP contribution >= 0.6 is 0 Å². The van der Waals surface area contributed by atoms with E-state index < -0.39 is 0 Å². The number of aliphatic imine (C=N–C) groups is 1. The van der Waals surface area contributed by atoms with Crippen LogP contribution in [0.15, 0.2) is 41.4 Å². The highest BCUT2D eigenvalue weighted by molar-refractivity contribution is 5.59. The molecule has 0 fully saturated rings. The lowest BCUT2D eigenvalue weighted by Gasteiger charge is -2.07. The smallest absolute Gasteiger partial charge is 0.0729 e. The molecule has 0 saturated carbocycles. The molecule has 13 heavy (non-hydrogen) atoms. The maximum Gasteiger partial charge on any atom is 0.0729 e. The van der Waals surface area contributed by atoms with Crippen LogP contribution < -0.4 is 0 Å². The molecule has 1 nitrogen and oxygen atoms in total. The quantitative estimate of drug-likeness (QED) is 0.575. The fourth-order valence-electron chi connectivity index (χ4n) is 0.803. The van der Waals surface area contributed by atoms with Gasteiger partial charge in [-0.05, 0) is 29.5 Å². The van der Waals surface area contributed by atoms with Crippen molar-refractivity contribution in [1.82, 2.24) is 0 Å². The van der Waals surface area contributed by atoms with Crippen molar-refractivity contribution >= 4 is 11.6 Å². The number of allylic oxidation sites excluding steroid dienone is 1. The van der Waals surface area contributed by atoms with E-state index in [0.717, 1.165) is 5.69 Å². The second-order valence-electron chi connectivity index (χ2n) is 4.09. The number of hydrogen-bond acceptors (Lipinski definition) is 1. The summed E-state index contributed by atoms with van der Waals surface area (Å²) < 4.78 is 0. The molecule has 0 amide bonds. The fraction of sp³-hybridized carbons (Fsp3) is 0.333. The highest BCUT2D eigenvalue weighted by Crippen LogP contribution is 2.13. The molecular weight excluding hydrogens is 158 g/mol. The Kier molecular flexibility index (Phi) is 3.05. The van der Waals surface area contributed by atoms with E-state index in [2.05, 4.69) is 31.6 Å². The third-order valence-electron chi connectivity index (χ3n) is 1.45. The first-order valence-electron chi connectivity index (χ1n) is 4.44. The molecule has 0 spiro atoms. The third kappa shape index (κ3) is 4.29. The molecule has 0 N–H and O–H groups in total. The number of para-hydroxylation sites is 1. The van der Waals surface area contributed by atoms with E-state index in [-0.39, 0.29) is 5.41 Å². The summed E-state index contributed by atoms with van der Waals surface area (Å²) in [6, 6.07) is 9.84. The Morgan fingerprint density at radius 3 is 2.31 bits per heavy atom. The third-order valence-corrected chi connectivity index (χ3v) is 1.45. The molecule has 0 aromatic heterocycles. The van der Waals surface area contributed by atoms with Crippen molar-refractivity contribution < 1.29 is 0 Å². The van der Waals surface area contributed by atoms with E-state index in [1.165, 1.54) is 0 Å². The first-order chi connectivity index (χ1) is 6.08. The summed E-state index contributed by atoms with van der Waals surface area (Å²) in [7, 11) is 0. The van der Waals surface area contributed by atoms with Gasteiger partial charge in [0.15, 0.2) is 0 Å². The summed E-state index contributed by atoms with van der Waals surface area (Å²) in [6.45, 7) is 6.38. The van der Waals surface area contributed by atoms with Gasteiger partial charge in [-0.1, -0.05) is 39.0 Å². The lowest BCUT2D eigenvalue weighted by atomic mass is 9.98. The maximum absolute atomic E-state index is 4.19. The fourth-order valence-corrected chi connectivity index (χ4v) is 0.803. The molecule has 0 aliphatic carbocycles. The van der Waals surface area contributed by atoms with Crippen LogP contribution in [-0.4, -0.2) is 5.87 Å². The van der Waals surface area contributed by atoms with Crippen LogP contribution in [-0.2, 0) is 0 Å². The number of benzene rings is 1. The van der Waals surface area contributed by atoms with Crippen molar-refractivity contribution in [3.05, 3.63) is 36.4 Å². The summed E-state index contributed by atoms with van der Waals surface area (Å²) in [5.74, 6) is 2.94. The minimum absolute atomic E-state index is 0.151. The summed E-state index contributed by atoms with van der Waals surface area (Å²) in [4.78, 5) is 4.19. The van der Waals surface area contributed by atoms with Gasteiger partial charge in [-0.3, -0.25) is 0 Å². The minimum atomic E-state index is 0.151. The summed E-state index contributed by atoms with van der Waals surface area (Å²) in [5, 5.41) is 0. The molecule has 1 aromatic rings. The van der Waals surface area contributed by atoms with Gasteiger partial charge >= 0.3 is 0 Å². The largest absolute Gasteiger partial charge is 0.207 e. The minimum Gasteiger partial charge on any atom is -0.207 e. The zero-order valence-electron chi connectivity index (χ0n) is 8.41. The predicted molar refractivity (Wildman–Crippen MR) is 57.6 cm³/mol. The van der Waals surface area contributed by atoms with Gasteiger partial charge in [-0.25, -0.2) is 4.99 Å². The summed E-state index contributed by atoms with van der Waals surface area (Å²) in [5.41, 5.74) is 1.10. The van der Waals surface area contributed by atoms with Gasteiger partial charge in [-0.2, -0.15) is 0 Å². The van der Waals surface area contributed by atoms with E-state index in [9.17, 15) is 0 Å². The van der Waals surface area contributed by atoms with Crippen molar-refractivity contribution in [2.45, 2.75) is 20.8 Å². The first kappa shape index (κ1) is 9.76. The Labute approximate surface area is 79.8 Å². The Morgan fingerprint density at radius 1 is 1.15 bits per heavy atom. The summed E-state index contributed by atoms with van der Waals surface area (Å²) >= 11 is 0. The Morgan fingerprint density at radius 2 is 1.77 bits per heavy atom. The molecule has 0 heterocycles. The number of hydrogen-bond donors (Lipinski definition) is 0. The lowest BCUT2D eigenvalue weighted by molar-refractivity contribution is 0.549. The molecule has 0 saturated heterocycles. The first-order valence-corrected chi connectivity index (χ1v) is 4.44. The SMILES string of the molecule is CC(C)(C)C=C=Nc1ccccc1. The molecular formula is C12H15N. The highest BCUT2D eigenvalue weighted by Gasteiger charge is 2.02. The van der Waals surface area contributed by atoms with Crippen LogP contribution in [0.25, 0.3) is 0 Å². The van der Waals surface area contributed by atoms with Gasteiger partial charge in [0, 0.05) is 0 Å². The van der Waals surface area contributed by atoms with E-state index in [4.69, 9.17) is 0 Å². The van der Waals surface area contributed by atoms with Gasteiger partial charge in [-0.15, -0.1) is 0 Å². The van der Waals surface area contributed by atoms with Gasteiger partial charge in [0.05, 0.1) is 5.69 Å². The van der Waals surface area contributed by atoms with Crippen LogP contribution in [0.5, 0.6) is 0 Å². The molecule has 68 valence electrons. The van der Waals surface area contributed by atoms with Crippen molar-refractivity contribution in [3.8, 4) is 0 Å². The van der Waals surface area contributed by atoms with Crippen molar-refractivity contribution in [1.29, 1.82) is 0 Å². The van der Waals surface area contributed by atoms with E-state index in [1.54, 1.807) is 0 Å². The van der Waals surface area contributed by atoms with E-state index in [1.807, 2.05) is 36.4 Å². The molecule has 1 rings (SSSR count). The number of nitrogens with zero attached hydrogens (tertiary/aromatic N) is 1. The van der Waals surface area contributed by atoms with Crippen LogP contribution in [0.3, 0.4) is 0 Å². The molecule has 1 heteroatoms.